The van der Waals surface area contributed by atoms with E-state index in [1.807, 2.05) is 0 Å². The Morgan fingerprint density at radius 1 is 1.38 bits per heavy atom. The SMILES string of the molecule is COCC1(N)CCN(C(C)C)CC1. The highest BCUT2D eigenvalue weighted by Gasteiger charge is 2.31. The summed E-state index contributed by atoms with van der Waals surface area (Å²) in [7, 11) is 1.73. The van der Waals surface area contributed by atoms with Gasteiger partial charge in [-0.3, -0.25) is 0 Å². The second kappa shape index (κ2) is 4.40. The summed E-state index contributed by atoms with van der Waals surface area (Å²) in [6, 6.07) is 0.645. The summed E-state index contributed by atoms with van der Waals surface area (Å²) in [6.45, 7) is 7.38. The molecule has 2 N–H and O–H groups in total. The van der Waals surface area contributed by atoms with Gasteiger partial charge in [0.1, 0.15) is 0 Å². The Morgan fingerprint density at radius 3 is 2.31 bits per heavy atom. The van der Waals surface area contributed by atoms with Gasteiger partial charge in [0.2, 0.25) is 0 Å². The molecule has 0 aromatic heterocycles. The van der Waals surface area contributed by atoms with Crippen LogP contribution in [0.4, 0.5) is 0 Å². The summed E-state index contributed by atoms with van der Waals surface area (Å²) in [5, 5.41) is 0. The highest BCUT2D eigenvalue weighted by atomic mass is 16.5. The number of ether oxygens (including phenoxy) is 1. The molecule has 3 heteroatoms. The zero-order valence-electron chi connectivity index (χ0n) is 9.05. The van der Waals surface area contributed by atoms with Crippen molar-refractivity contribution in [1.82, 2.24) is 4.90 Å². The normalized spacial score (nSPS) is 23.8. The second-order valence-corrected chi connectivity index (χ2v) is 4.43. The molecule has 0 aromatic rings. The van der Waals surface area contributed by atoms with Crippen molar-refractivity contribution in [3.05, 3.63) is 0 Å². The molecule has 1 aliphatic rings. The van der Waals surface area contributed by atoms with Crippen LogP contribution in [0.2, 0.25) is 0 Å². The van der Waals surface area contributed by atoms with Gasteiger partial charge in [0.15, 0.2) is 0 Å². The maximum absolute atomic E-state index is 6.18. The summed E-state index contributed by atoms with van der Waals surface area (Å²) >= 11 is 0. The summed E-state index contributed by atoms with van der Waals surface area (Å²) in [6.07, 6.45) is 2.11. The van der Waals surface area contributed by atoms with E-state index in [-0.39, 0.29) is 5.54 Å². The predicted octanol–water partition coefficient (Wildman–Crippen LogP) is 0.835. The van der Waals surface area contributed by atoms with Gasteiger partial charge in [-0.05, 0) is 26.7 Å². The first-order chi connectivity index (χ1) is 6.07. The van der Waals surface area contributed by atoms with Crippen LogP contribution in [0, 0.1) is 0 Å². The molecule has 1 saturated heterocycles. The Bertz CT molecular complexity index is 151. The lowest BCUT2D eigenvalue weighted by Crippen LogP contribution is -2.54. The van der Waals surface area contributed by atoms with Crippen molar-refractivity contribution in [2.45, 2.75) is 38.3 Å². The number of piperidine rings is 1. The van der Waals surface area contributed by atoms with E-state index in [2.05, 4.69) is 18.7 Å². The fourth-order valence-corrected chi connectivity index (χ4v) is 1.92. The molecule has 0 spiro atoms. The third-order valence-electron chi connectivity index (χ3n) is 2.96. The first kappa shape index (κ1) is 11.0. The maximum Gasteiger partial charge on any atom is 0.0643 e. The molecule has 0 aromatic carbocycles. The summed E-state index contributed by atoms with van der Waals surface area (Å²) in [5.41, 5.74) is 6.11. The lowest BCUT2D eigenvalue weighted by molar-refractivity contribution is 0.0665. The molecule has 1 fully saturated rings. The smallest absolute Gasteiger partial charge is 0.0643 e. The molecule has 0 atom stereocenters. The van der Waals surface area contributed by atoms with Gasteiger partial charge in [0, 0.05) is 31.8 Å². The van der Waals surface area contributed by atoms with Crippen molar-refractivity contribution < 1.29 is 4.74 Å². The Kier molecular flexibility index (Phi) is 3.71. The monoisotopic (exact) mass is 186 g/mol. The van der Waals surface area contributed by atoms with Gasteiger partial charge in [-0.2, -0.15) is 0 Å². The van der Waals surface area contributed by atoms with Crippen LogP contribution in [-0.4, -0.2) is 43.3 Å². The highest BCUT2D eigenvalue weighted by Crippen LogP contribution is 2.21. The van der Waals surface area contributed by atoms with Gasteiger partial charge < -0.3 is 15.4 Å². The predicted molar refractivity (Wildman–Crippen MR) is 54.7 cm³/mol. The third kappa shape index (κ3) is 2.93. The van der Waals surface area contributed by atoms with Crippen LogP contribution in [0.5, 0.6) is 0 Å². The molecule has 1 heterocycles. The fourth-order valence-electron chi connectivity index (χ4n) is 1.92. The Hall–Kier alpha value is -0.120. The molecule has 0 saturated carbocycles. The van der Waals surface area contributed by atoms with E-state index in [1.54, 1.807) is 7.11 Å². The lowest BCUT2D eigenvalue weighted by atomic mass is 9.89. The minimum absolute atomic E-state index is 0.0693. The maximum atomic E-state index is 6.18. The molecule has 0 bridgehead atoms. The zero-order chi connectivity index (χ0) is 9.90. The number of nitrogens with zero attached hydrogens (tertiary/aromatic N) is 1. The number of likely N-dealkylation sites (tertiary alicyclic amines) is 1. The number of rotatable bonds is 3. The van der Waals surface area contributed by atoms with E-state index in [9.17, 15) is 0 Å². The standard InChI is InChI=1S/C10H22N2O/c1-9(2)12-6-4-10(11,5-7-12)8-13-3/h9H,4-8,11H2,1-3H3. The average molecular weight is 186 g/mol. The van der Waals surface area contributed by atoms with Crippen molar-refractivity contribution >= 4 is 0 Å². The average Bonchev–Trinajstić information content (AvgIpc) is 2.05. The quantitative estimate of drug-likeness (QED) is 0.709. The van der Waals surface area contributed by atoms with Crippen LogP contribution in [-0.2, 0) is 4.74 Å². The molecule has 0 radical (unpaired) electrons. The Labute approximate surface area is 81.2 Å². The zero-order valence-corrected chi connectivity index (χ0v) is 9.05. The van der Waals surface area contributed by atoms with Crippen LogP contribution in [0.15, 0.2) is 0 Å². The lowest BCUT2D eigenvalue weighted by Gasteiger charge is -2.40. The van der Waals surface area contributed by atoms with Gasteiger partial charge in [-0.15, -0.1) is 0 Å². The molecule has 1 rings (SSSR count). The highest BCUT2D eigenvalue weighted by molar-refractivity contribution is 4.90. The van der Waals surface area contributed by atoms with E-state index >= 15 is 0 Å². The summed E-state index contributed by atoms with van der Waals surface area (Å²) < 4.78 is 5.14. The molecule has 78 valence electrons. The minimum atomic E-state index is -0.0693. The first-order valence-corrected chi connectivity index (χ1v) is 5.09. The third-order valence-corrected chi connectivity index (χ3v) is 2.96. The fraction of sp³-hybridized carbons (Fsp3) is 1.00. The molecule has 13 heavy (non-hydrogen) atoms. The number of nitrogens with two attached hydrogens (primary N) is 1. The van der Waals surface area contributed by atoms with Crippen LogP contribution in [0.1, 0.15) is 26.7 Å². The Morgan fingerprint density at radius 2 is 1.92 bits per heavy atom. The molecule has 3 nitrogen and oxygen atoms in total. The van der Waals surface area contributed by atoms with Crippen molar-refractivity contribution in [3.63, 3.8) is 0 Å². The first-order valence-electron chi connectivity index (χ1n) is 5.09. The van der Waals surface area contributed by atoms with Crippen LogP contribution < -0.4 is 5.73 Å². The molecular formula is C10H22N2O. The van der Waals surface area contributed by atoms with Gasteiger partial charge in [-0.1, -0.05) is 0 Å². The second-order valence-electron chi connectivity index (χ2n) is 4.43. The van der Waals surface area contributed by atoms with Crippen LogP contribution >= 0.6 is 0 Å². The molecular weight excluding hydrogens is 164 g/mol. The van der Waals surface area contributed by atoms with Gasteiger partial charge in [0.05, 0.1) is 6.61 Å². The molecule has 1 aliphatic heterocycles. The van der Waals surface area contributed by atoms with Crippen LogP contribution in [0.25, 0.3) is 0 Å². The number of hydrogen-bond acceptors (Lipinski definition) is 3. The Balaban J connectivity index is 2.37. The molecule has 0 aliphatic carbocycles. The van der Waals surface area contributed by atoms with E-state index in [0.29, 0.717) is 12.6 Å². The molecule has 0 amide bonds. The summed E-state index contributed by atoms with van der Waals surface area (Å²) in [5.74, 6) is 0. The number of hydrogen-bond donors (Lipinski definition) is 1. The minimum Gasteiger partial charge on any atom is -0.383 e. The molecule has 0 unspecified atom stereocenters. The van der Waals surface area contributed by atoms with Gasteiger partial charge in [-0.25, -0.2) is 0 Å². The van der Waals surface area contributed by atoms with Gasteiger partial charge in [0.25, 0.3) is 0 Å². The van der Waals surface area contributed by atoms with E-state index < -0.39 is 0 Å². The van der Waals surface area contributed by atoms with E-state index in [1.165, 1.54) is 0 Å². The topological polar surface area (TPSA) is 38.5 Å². The number of methoxy groups -OCH3 is 1. The van der Waals surface area contributed by atoms with Crippen molar-refractivity contribution in [2.24, 2.45) is 5.73 Å². The van der Waals surface area contributed by atoms with Crippen molar-refractivity contribution in [2.75, 3.05) is 26.8 Å². The van der Waals surface area contributed by atoms with Gasteiger partial charge >= 0.3 is 0 Å². The largest absolute Gasteiger partial charge is 0.383 e. The van der Waals surface area contributed by atoms with Crippen LogP contribution in [0.3, 0.4) is 0 Å². The van der Waals surface area contributed by atoms with Crippen molar-refractivity contribution in [3.8, 4) is 0 Å². The summed E-state index contributed by atoms with van der Waals surface area (Å²) in [4.78, 5) is 2.47. The van der Waals surface area contributed by atoms with Crippen molar-refractivity contribution in [1.29, 1.82) is 0 Å². The van der Waals surface area contributed by atoms with E-state index in [0.717, 1.165) is 25.9 Å². The van der Waals surface area contributed by atoms with E-state index in [4.69, 9.17) is 10.5 Å².